The van der Waals surface area contributed by atoms with Gasteiger partial charge in [-0.25, -0.2) is 0 Å². The Morgan fingerprint density at radius 2 is 1.93 bits per heavy atom. The first-order chi connectivity index (χ1) is 6.74. The van der Waals surface area contributed by atoms with Gasteiger partial charge in [-0.3, -0.25) is 0 Å². The van der Waals surface area contributed by atoms with Crippen LogP contribution >= 0.6 is 0 Å². The van der Waals surface area contributed by atoms with E-state index in [1.54, 1.807) is 7.11 Å². The van der Waals surface area contributed by atoms with Gasteiger partial charge in [-0.2, -0.15) is 0 Å². The van der Waals surface area contributed by atoms with E-state index in [9.17, 15) is 0 Å². The summed E-state index contributed by atoms with van der Waals surface area (Å²) in [6.07, 6.45) is 0. The van der Waals surface area contributed by atoms with Crippen LogP contribution in [0.1, 0.15) is 5.56 Å². The summed E-state index contributed by atoms with van der Waals surface area (Å²) < 4.78 is 5.26. The van der Waals surface area contributed by atoms with Crippen LogP contribution in [-0.4, -0.2) is 7.11 Å². The van der Waals surface area contributed by atoms with E-state index >= 15 is 0 Å². The summed E-state index contributed by atoms with van der Waals surface area (Å²) in [7, 11) is 1.65. The lowest BCUT2D eigenvalue weighted by Crippen LogP contribution is -1.96. The van der Waals surface area contributed by atoms with Gasteiger partial charge in [-0.1, -0.05) is 24.3 Å². The van der Waals surface area contributed by atoms with Crippen LogP contribution in [0.25, 0.3) is 10.8 Å². The van der Waals surface area contributed by atoms with E-state index in [0.29, 0.717) is 0 Å². The molecule has 0 spiro atoms. The second-order valence-corrected chi connectivity index (χ2v) is 3.36. The fourth-order valence-electron chi connectivity index (χ4n) is 1.77. The van der Waals surface area contributed by atoms with Gasteiger partial charge in [0.25, 0.3) is 0 Å². The number of nitrogen functional groups attached to an aromatic ring is 1. The number of fused-ring (bicyclic) bond motifs is 1. The third-order valence-electron chi connectivity index (χ3n) is 2.43. The van der Waals surface area contributed by atoms with Crippen molar-refractivity contribution in [3.05, 3.63) is 35.9 Å². The molecule has 0 aliphatic heterocycles. The normalized spacial score (nSPS) is 10.4. The standard InChI is InChI=1S/C12H13NO/c1-8-7-9-5-3-4-6-10(9)11(13)12(8)14-2/h3-7H,13H2,1-2H3. The van der Waals surface area contributed by atoms with Gasteiger partial charge < -0.3 is 10.5 Å². The highest BCUT2D eigenvalue weighted by molar-refractivity contribution is 5.96. The first kappa shape index (κ1) is 8.88. The van der Waals surface area contributed by atoms with Gasteiger partial charge in [-0.15, -0.1) is 0 Å². The molecule has 0 aliphatic carbocycles. The van der Waals surface area contributed by atoms with Crippen molar-refractivity contribution in [1.29, 1.82) is 0 Å². The van der Waals surface area contributed by atoms with E-state index < -0.39 is 0 Å². The highest BCUT2D eigenvalue weighted by Gasteiger charge is 2.07. The van der Waals surface area contributed by atoms with Gasteiger partial charge in [0.2, 0.25) is 0 Å². The van der Waals surface area contributed by atoms with Crippen molar-refractivity contribution in [2.24, 2.45) is 0 Å². The van der Waals surface area contributed by atoms with Crippen LogP contribution in [0.2, 0.25) is 0 Å². The second-order valence-electron chi connectivity index (χ2n) is 3.36. The molecule has 0 unspecified atom stereocenters. The molecule has 0 saturated carbocycles. The minimum Gasteiger partial charge on any atom is -0.494 e. The highest BCUT2D eigenvalue weighted by atomic mass is 16.5. The molecule has 2 nitrogen and oxygen atoms in total. The van der Waals surface area contributed by atoms with Gasteiger partial charge in [-0.05, 0) is 23.9 Å². The van der Waals surface area contributed by atoms with E-state index in [0.717, 1.165) is 27.8 Å². The Morgan fingerprint density at radius 3 is 2.64 bits per heavy atom. The summed E-state index contributed by atoms with van der Waals surface area (Å²) in [5.74, 6) is 0.781. The lowest BCUT2D eigenvalue weighted by atomic mass is 10.0. The average Bonchev–Trinajstić information content (AvgIpc) is 2.18. The summed E-state index contributed by atoms with van der Waals surface area (Å²) in [4.78, 5) is 0. The Bertz CT molecular complexity index is 477. The third kappa shape index (κ3) is 1.20. The Morgan fingerprint density at radius 1 is 1.21 bits per heavy atom. The van der Waals surface area contributed by atoms with Gasteiger partial charge >= 0.3 is 0 Å². The molecule has 0 atom stereocenters. The number of hydrogen-bond acceptors (Lipinski definition) is 2. The van der Waals surface area contributed by atoms with E-state index in [1.807, 2.05) is 25.1 Å². The van der Waals surface area contributed by atoms with Crippen molar-refractivity contribution in [2.75, 3.05) is 12.8 Å². The summed E-state index contributed by atoms with van der Waals surface area (Å²) in [5.41, 5.74) is 7.80. The van der Waals surface area contributed by atoms with Crippen LogP contribution in [0, 0.1) is 6.92 Å². The quantitative estimate of drug-likeness (QED) is 0.697. The smallest absolute Gasteiger partial charge is 0.145 e. The molecular weight excluding hydrogens is 174 g/mol. The van der Waals surface area contributed by atoms with Crippen molar-refractivity contribution < 1.29 is 4.74 Å². The SMILES string of the molecule is COc1c(C)cc2ccccc2c1N. The molecule has 2 rings (SSSR count). The second kappa shape index (κ2) is 3.22. The van der Waals surface area contributed by atoms with E-state index in [1.165, 1.54) is 0 Å². The Balaban J connectivity index is 2.86. The van der Waals surface area contributed by atoms with Gasteiger partial charge in [0, 0.05) is 5.39 Å². The monoisotopic (exact) mass is 187 g/mol. The van der Waals surface area contributed by atoms with Gasteiger partial charge in [0.1, 0.15) is 5.75 Å². The average molecular weight is 187 g/mol. The number of ether oxygens (including phenoxy) is 1. The number of anilines is 1. The molecule has 14 heavy (non-hydrogen) atoms. The number of rotatable bonds is 1. The lowest BCUT2D eigenvalue weighted by Gasteiger charge is -2.10. The minimum atomic E-state index is 0.725. The van der Waals surface area contributed by atoms with E-state index in [2.05, 4.69) is 12.1 Å². The van der Waals surface area contributed by atoms with Crippen molar-refractivity contribution >= 4 is 16.5 Å². The van der Waals surface area contributed by atoms with Crippen molar-refractivity contribution in [2.45, 2.75) is 6.92 Å². The molecule has 2 N–H and O–H groups in total. The molecule has 0 fully saturated rings. The summed E-state index contributed by atoms with van der Waals surface area (Å²) in [6, 6.07) is 10.1. The Hall–Kier alpha value is -1.70. The first-order valence-corrected chi connectivity index (χ1v) is 4.56. The third-order valence-corrected chi connectivity index (χ3v) is 2.43. The molecule has 0 heterocycles. The van der Waals surface area contributed by atoms with Crippen molar-refractivity contribution in [3.8, 4) is 5.75 Å². The molecular formula is C12H13NO. The number of benzene rings is 2. The highest BCUT2D eigenvalue weighted by Crippen LogP contribution is 2.33. The number of methoxy groups -OCH3 is 1. The van der Waals surface area contributed by atoms with Crippen LogP contribution in [0.5, 0.6) is 5.75 Å². The van der Waals surface area contributed by atoms with Crippen LogP contribution in [0.3, 0.4) is 0 Å². The van der Waals surface area contributed by atoms with Gasteiger partial charge in [0.05, 0.1) is 12.8 Å². The van der Waals surface area contributed by atoms with Gasteiger partial charge in [0.15, 0.2) is 0 Å². The number of hydrogen-bond donors (Lipinski definition) is 1. The predicted octanol–water partition coefficient (Wildman–Crippen LogP) is 2.74. The molecule has 0 radical (unpaired) electrons. The molecule has 0 bridgehead atoms. The minimum absolute atomic E-state index is 0.725. The zero-order valence-electron chi connectivity index (χ0n) is 8.37. The van der Waals surface area contributed by atoms with Crippen LogP contribution in [0.15, 0.2) is 30.3 Å². The van der Waals surface area contributed by atoms with Crippen molar-refractivity contribution in [3.63, 3.8) is 0 Å². The topological polar surface area (TPSA) is 35.2 Å². The maximum Gasteiger partial charge on any atom is 0.145 e. The maximum atomic E-state index is 6.01. The summed E-state index contributed by atoms with van der Waals surface area (Å²) >= 11 is 0. The summed E-state index contributed by atoms with van der Waals surface area (Å²) in [6.45, 7) is 2.00. The van der Waals surface area contributed by atoms with Crippen LogP contribution in [0.4, 0.5) is 5.69 Å². The lowest BCUT2D eigenvalue weighted by molar-refractivity contribution is 0.414. The molecule has 0 aliphatic rings. The van der Waals surface area contributed by atoms with E-state index in [4.69, 9.17) is 10.5 Å². The molecule has 0 saturated heterocycles. The Kier molecular flexibility index (Phi) is 2.04. The van der Waals surface area contributed by atoms with Crippen LogP contribution < -0.4 is 10.5 Å². The largest absolute Gasteiger partial charge is 0.494 e. The molecule has 0 amide bonds. The molecule has 2 aromatic carbocycles. The molecule has 0 aromatic heterocycles. The zero-order valence-corrected chi connectivity index (χ0v) is 8.37. The number of nitrogens with two attached hydrogens (primary N) is 1. The molecule has 72 valence electrons. The Labute approximate surface area is 83.3 Å². The summed E-state index contributed by atoms with van der Waals surface area (Å²) in [5, 5.41) is 2.21. The first-order valence-electron chi connectivity index (χ1n) is 4.56. The fourth-order valence-corrected chi connectivity index (χ4v) is 1.77. The maximum absolute atomic E-state index is 6.01. The van der Waals surface area contributed by atoms with Crippen LogP contribution in [-0.2, 0) is 0 Å². The fraction of sp³-hybridized carbons (Fsp3) is 0.167. The molecule has 2 heteroatoms. The zero-order chi connectivity index (χ0) is 10.1. The van der Waals surface area contributed by atoms with Crippen molar-refractivity contribution in [1.82, 2.24) is 0 Å². The molecule has 2 aromatic rings. The van der Waals surface area contributed by atoms with E-state index in [-0.39, 0.29) is 0 Å². The predicted molar refractivity (Wildman–Crippen MR) is 59.6 cm³/mol. The number of aryl methyl sites for hydroxylation is 1.